The highest BCUT2D eigenvalue weighted by Gasteiger charge is 2.12. The number of hydrogen-bond acceptors (Lipinski definition) is 3. The summed E-state index contributed by atoms with van der Waals surface area (Å²) in [7, 11) is 0. The summed E-state index contributed by atoms with van der Waals surface area (Å²) < 4.78 is 1.70. The summed E-state index contributed by atoms with van der Waals surface area (Å²) in [5, 5.41) is 10.4. The zero-order chi connectivity index (χ0) is 23.3. The molecule has 7 heteroatoms. The lowest BCUT2D eigenvalue weighted by atomic mass is 10.1. The fourth-order valence-corrected chi connectivity index (χ4v) is 3.86. The number of halogens is 1. The Morgan fingerprint density at radius 1 is 1.06 bits per heavy atom. The van der Waals surface area contributed by atoms with E-state index in [0.717, 1.165) is 33.6 Å². The van der Waals surface area contributed by atoms with Gasteiger partial charge in [0.15, 0.2) is 0 Å². The molecule has 0 atom stereocenters. The SMILES string of the molecule is Cc1cc(C)c(NC(=O)CNC(=O)C=Cc2c(C)nn(Cc3ccccc3)c2Cl)c(C)c1. The van der Waals surface area contributed by atoms with Gasteiger partial charge in [0.2, 0.25) is 11.8 Å². The fourth-order valence-electron chi connectivity index (χ4n) is 3.56. The van der Waals surface area contributed by atoms with Crippen molar-refractivity contribution in [3.8, 4) is 0 Å². The Bertz CT molecular complexity index is 1140. The van der Waals surface area contributed by atoms with Crippen LogP contribution in [0, 0.1) is 27.7 Å². The minimum atomic E-state index is -0.385. The molecule has 0 radical (unpaired) electrons. The predicted octanol–water partition coefficient (Wildman–Crippen LogP) is 4.59. The summed E-state index contributed by atoms with van der Waals surface area (Å²) >= 11 is 6.47. The molecule has 6 nitrogen and oxygen atoms in total. The van der Waals surface area contributed by atoms with Crippen LogP contribution in [0.15, 0.2) is 48.5 Å². The second kappa shape index (κ2) is 10.3. The van der Waals surface area contributed by atoms with Crippen LogP contribution < -0.4 is 10.6 Å². The van der Waals surface area contributed by atoms with E-state index >= 15 is 0 Å². The number of nitrogens with one attached hydrogen (secondary N) is 2. The van der Waals surface area contributed by atoms with E-state index in [1.54, 1.807) is 10.8 Å². The summed E-state index contributed by atoms with van der Waals surface area (Å²) in [6, 6.07) is 13.9. The van der Waals surface area contributed by atoms with Crippen LogP contribution in [0.1, 0.15) is 33.5 Å². The van der Waals surface area contributed by atoms with Crippen LogP contribution in [-0.4, -0.2) is 28.1 Å². The standard InChI is InChI=1S/C25H27ClN4O2/c1-16-12-17(2)24(18(3)13-16)28-23(32)14-27-22(31)11-10-21-19(4)29-30(25(21)26)15-20-8-6-5-7-9-20/h5-13H,14-15H2,1-4H3,(H,27,31)(H,28,32). The van der Waals surface area contributed by atoms with Gasteiger partial charge in [-0.15, -0.1) is 0 Å². The van der Waals surface area contributed by atoms with Crippen molar-refractivity contribution in [3.63, 3.8) is 0 Å². The molecule has 3 rings (SSSR count). The third-order valence-electron chi connectivity index (χ3n) is 5.05. The van der Waals surface area contributed by atoms with Crippen molar-refractivity contribution >= 4 is 35.2 Å². The minimum absolute atomic E-state index is 0.129. The van der Waals surface area contributed by atoms with Gasteiger partial charge in [-0.2, -0.15) is 5.10 Å². The molecule has 166 valence electrons. The Labute approximate surface area is 193 Å². The normalized spacial score (nSPS) is 11.0. The van der Waals surface area contributed by atoms with E-state index in [9.17, 15) is 9.59 Å². The summed E-state index contributed by atoms with van der Waals surface area (Å²) in [6.07, 6.45) is 2.98. The highest BCUT2D eigenvalue weighted by Crippen LogP contribution is 2.23. The van der Waals surface area contributed by atoms with E-state index < -0.39 is 0 Å². The molecule has 0 aliphatic carbocycles. The molecule has 2 amide bonds. The Hall–Kier alpha value is -3.38. The third-order valence-corrected chi connectivity index (χ3v) is 5.45. The molecule has 0 fully saturated rings. The molecule has 0 spiro atoms. The smallest absolute Gasteiger partial charge is 0.244 e. The zero-order valence-corrected chi connectivity index (χ0v) is 19.5. The molecule has 0 saturated carbocycles. The number of aryl methyl sites for hydroxylation is 4. The maximum absolute atomic E-state index is 12.3. The van der Waals surface area contributed by atoms with Crippen molar-refractivity contribution < 1.29 is 9.59 Å². The number of amides is 2. The highest BCUT2D eigenvalue weighted by atomic mass is 35.5. The first kappa shape index (κ1) is 23.3. The molecule has 0 aliphatic rings. The summed E-state index contributed by atoms with van der Waals surface area (Å²) in [5.74, 6) is -0.671. The molecule has 2 aromatic carbocycles. The van der Waals surface area contributed by atoms with Crippen molar-refractivity contribution in [3.05, 3.63) is 87.2 Å². The lowest BCUT2D eigenvalue weighted by Gasteiger charge is -2.13. The van der Waals surface area contributed by atoms with Crippen LogP contribution in [0.2, 0.25) is 5.15 Å². The van der Waals surface area contributed by atoms with Gasteiger partial charge < -0.3 is 10.6 Å². The van der Waals surface area contributed by atoms with E-state index in [1.165, 1.54) is 6.08 Å². The molecule has 0 bridgehead atoms. The molecule has 1 aromatic heterocycles. The Balaban J connectivity index is 1.58. The first-order valence-corrected chi connectivity index (χ1v) is 10.7. The largest absolute Gasteiger partial charge is 0.343 e. The maximum atomic E-state index is 12.3. The van der Waals surface area contributed by atoms with Gasteiger partial charge in [0.05, 0.1) is 18.8 Å². The number of rotatable bonds is 7. The van der Waals surface area contributed by atoms with Crippen LogP contribution in [0.3, 0.4) is 0 Å². The van der Waals surface area contributed by atoms with Gasteiger partial charge in [-0.25, -0.2) is 4.68 Å². The molecule has 0 unspecified atom stereocenters. The molecular weight excluding hydrogens is 424 g/mol. The van der Waals surface area contributed by atoms with E-state index in [-0.39, 0.29) is 18.4 Å². The Kier molecular flexibility index (Phi) is 7.49. The number of anilines is 1. The molecule has 32 heavy (non-hydrogen) atoms. The lowest BCUT2D eigenvalue weighted by Crippen LogP contribution is -2.32. The van der Waals surface area contributed by atoms with Gasteiger partial charge in [0.1, 0.15) is 5.15 Å². The number of carbonyl (C=O) groups is 2. The van der Waals surface area contributed by atoms with Crippen molar-refractivity contribution in [2.24, 2.45) is 0 Å². The number of nitrogens with zero attached hydrogens (tertiary/aromatic N) is 2. The number of hydrogen-bond donors (Lipinski definition) is 2. The van der Waals surface area contributed by atoms with Crippen LogP contribution in [0.5, 0.6) is 0 Å². The predicted molar refractivity (Wildman–Crippen MR) is 129 cm³/mol. The van der Waals surface area contributed by atoms with Crippen molar-refractivity contribution in [2.75, 3.05) is 11.9 Å². The number of benzene rings is 2. The van der Waals surface area contributed by atoms with Crippen molar-refractivity contribution in [1.29, 1.82) is 0 Å². The van der Waals surface area contributed by atoms with Gasteiger partial charge in [0.25, 0.3) is 0 Å². The second-order valence-electron chi connectivity index (χ2n) is 7.81. The molecule has 0 saturated heterocycles. The van der Waals surface area contributed by atoms with Crippen molar-refractivity contribution in [1.82, 2.24) is 15.1 Å². The molecular formula is C25H27ClN4O2. The highest BCUT2D eigenvalue weighted by molar-refractivity contribution is 6.31. The minimum Gasteiger partial charge on any atom is -0.343 e. The summed E-state index contributed by atoms with van der Waals surface area (Å²) in [6.45, 7) is 8.15. The first-order chi connectivity index (χ1) is 15.2. The Morgan fingerprint density at radius 2 is 1.72 bits per heavy atom. The topological polar surface area (TPSA) is 76.0 Å². The molecule has 2 N–H and O–H groups in total. The first-order valence-electron chi connectivity index (χ1n) is 10.3. The third kappa shape index (κ3) is 5.86. The van der Waals surface area contributed by atoms with Gasteiger partial charge in [0, 0.05) is 17.3 Å². The lowest BCUT2D eigenvalue weighted by molar-refractivity contribution is -0.121. The van der Waals surface area contributed by atoms with E-state index in [1.807, 2.05) is 70.2 Å². The van der Waals surface area contributed by atoms with Gasteiger partial charge in [-0.1, -0.05) is 59.6 Å². The van der Waals surface area contributed by atoms with Crippen LogP contribution in [-0.2, 0) is 16.1 Å². The summed E-state index contributed by atoms with van der Waals surface area (Å²) in [5.41, 5.74) is 6.36. The summed E-state index contributed by atoms with van der Waals surface area (Å²) in [4.78, 5) is 24.5. The molecule has 1 heterocycles. The van der Waals surface area contributed by atoms with Crippen LogP contribution in [0.25, 0.3) is 6.08 Å². The van der Waals surface area contributed by atoms with Crippen LogP contribution in [0.4, 0.5) is 5.69 Å². The van der Waals surface area contributed by atoms with Gasteiger partial charge >= 0.3 is 0 Å². The maximum Gasteiger partial charge on any atom is 0.244 e. The monoisotopic (exact) mass is 450 g/mol. The van der Waals surface area contributed by atoms with Gasteiger partial charge in [-0.05, 0) is 50.5 Å². The van der Waals surface area contributed by atoms with E-state index in [0.29, 0.717) is 17.3 Å². The molecule has 0 aliphatic heterocycles. The second-order valence-corrected chi connectivity index (χ2v) is 8.16. The number of aromatic nitrogens is 2. The Morgan fingerprint density at radius 3 is 2.38 bits per heavy atom. The average molecular weight is 451 g/mol. The average Bonchev–Trinajstić information content (AvgIpc) is 3.00. The van der Waals surface area contributed by atoms with Gasteiger partial charge in [-0.3, -0.25) is 9.59 Å². The number of carbonyl (C=O) groups excluding carboxylic acids is 2. The fraction of sp³-hybridized carbons (Fsp3) is 0.240. The molecule has 3 aromatic rings. The van der Waals surface area contributed by atoms with E-state index in [4.69, 9.17) is 11.6 Å². The van der Waals surface area contributed by atoms with Crippen molar-refractivity contribution in [2.45, 2.75) is 34.2 Å². The quantitative estimate of drug-likeness (QED) is 0.517. The zero-order valence-electron chi connectivity index (χ0n) is 18.7. The van der Waals surface area contributed by atoms with Crippen LogP contribution >= 0.6 is 11.6 Å². The van der Waals surface area contributed by atoms with E-state index in [2.05, 4.69) is 15.7 Å².